The lowest BCUT2D eigenvalue weighted by atomic mass is 9.80. The normalized spacial score (nSPS) is 12.4. The molecule has 5 aromatic rings. The first kappa shape index (κ1) is 60.8. The SMILES string of the molecule is CC(C)(C)c1cc(O)cc(C(C)(C)C)c1.CC(C)(C)c1cccc(C(C)(C)C#N)c1.CC(C)(C)c1cccc(C(F)(F)F)c1.Cc1cc(C(C)(C)C)ccc1O.Cc1cc(O)cc(C(C)(C)C)c1. The Balaban J connectivity index is 0.000000426. The number of aryl methyl sites for hydroxylation is 2. The highest BCUT2D eigenvalue weighted by atomic mass is 19.4. The van der Waals surface area contributed by atoms with E-state index < -0.39 is 17.2 Å². The second kappa shape index (κ2) is 22.9. The van der Waals surface area contributed by atoms with Gasteiger partial charge in [-0.25, -0.2) is 0 Å². The number of rotatable bonds is 1. The average molecular weight is 938 g/mol. The van der Waals surface area contributed by atoms with Gasteiger partial charge in [0, 0.05) is 0 Å². The Labute approximate surface area is 410 Å². The molecule has 5 aromatic carbocycles. The van der Waals surface area contributed by atoms with Gasteiger partial charge in [-0.2, -0.15) is 18.4 Å². The van der Waals surface area contributed by atoms with Crippen LogP contribution in [0.1, 0.15) is 194 Å². The fourth-order valence-electron chi connectivity index (χ4n) is 6.40. The predicted octanol–water partition coefficient (Wildman–Crippen LogP) is 17.8. The highest BCUT2D eigenvalue weighted by Gasteiger charge is 2.31. The zero-order chi connectivity index (χ0) is 53.2. The molecule has 0 bridgehead atoms. The molecule has 0 fully saturated rings. The molecule has 3 N–H and O–H groups in total. The molecule has 0 amide bonds. The van der Waals surface area contributed by atoms with E-state index in [4.69, 9.17) is 5.26 Å². The summed E-state index contributed by atoms with van der Waals surface area (Å²) in [5.74, 6) is 1.11. The lowest BCUT2D eigenvalue weighted by Crippen LogP contribution is -2.17. The zero-order valence-electron chi connectivity index (χ0n) is 45.7. The molecule has 374 valence electrons. The minimum absolute atomic E-state index is 0.0821. The quantitative estimate of drug-likeness (QED) is 0.156. The van der Waals surface area contributed by atoms with Gasteiger partial charge in [-0.05, 0) is 147 Å². The third-order valence-corrected chi connectivity index (χ3v) is 11.4. The summed E-state index contributed by atoms with van der Waals surface area (Å²) in [4.78, 5) is 0. The van der Waals surface area contributed by atoms with Gasteiger partial charge < -0.3 is 15.3 Å². The molecule has 0 atom stereocenters. The number of phenolic OH excluding ortho intramolecular Hbond substituents is 3. The van der Waals surface area contributed by atoms with Crippen molar-refractivity contribution in [3.05, 3.63) is 159 Å². The maximum absolute atomic E-state index is 12.4. The molecule has 0 unspecified atom stereocenters. The summed E-state index contributed by atoms with van der Waals surface area (Å²) < 4.78 is 37.1. The van der Waals surface area contributed by atoms with Crippen LogP contribution in [0, 0.1) is 25.2 Å². The summed E-state index contributed by atoms with van der Waals surface area (Å²) in [5.41, 5.74) is 9.31. The Hall–Kier alpha value is -5.22. The van der Waals surface area contributed by atoms with E-state index in [0.29, 0.717) is 22.8 Å². The van der Waals surface area contributed by atoms with E-state index in [0.717, 1.165) is 22.8 Å². The van der Waals surface area contributed by atoms with Crippen molar-refractivity contribution in [2.24, 2.45) is 0 Å². The maximum Gasteiger partial charge on any atom is 0.416 e. The molecule has 0 spiro atoms. The lowest BCUT2D eigenvalue weighted by Gasteiger charge is -2.25. The topological polar surface area (TPSA) is 84.5 Å². The van der Waals surface area contributed by atoms with Crippen LogP contribution in [0.3, 0.4) is 0 Å². The molecule has 0 radical (unpaired) electrons. The van der Waals surface area contributed by atoms with Crippen LogP contribution in [0.4, 0.5) is 13.2 Å². The van der Waals surface area contributed by atoms with E-state index in [1.807, 2.05) is 90.9 Å². The second-order valence-electron chi connectivity index (χ2n) is 24.7. The molecule has 0 saturated carbocycles. The molecule has 4 nitrogen and oxygen atoms in total. The Morgan fingerprint density at radius 1 is 0.368 bits per heavy atom. The molecule has 0 heterocycles. The van der Waals surface area contributed by atoms with Crippen LogP contribution in [0.5, 0.6) is 17.2 Å². The number of nitriles is 1. The Bertz CT molecular complexity index is 2340. The molecular weight excluding hydrogens is 852 g/mol. The summed E-state index contributed by atoms with van der Waals surface area (Å²) in [6.07, 6.45) is -4.25. The van der Waals surface area contributed by atoms with Crippen molar-refractivity contribution in [2.45, 2.75) is 196 Å². The smallest absolute Gasteiger partial charge is 0.416 e. The van der Waals surface area contributed by atoms with Crippen LogP contribution in [-0.4, -0.2) is 15.3 Å². The van der Waals surface area contributed by atoms with Gasteiger partial charge in [0.1, 0.15) is 17.2 Å². The minimum Gasteiger partial charge on any atom is -0.508 e. The Morgan fingerprint density at radius 2 is 0.676 bits per heavy atom. The molecule has 7 heteroatoms. The Kier molecular flexibility index (Phi) is 20.5. The van der Waals surface area contributed by atoms with Crippen LogP contribution in [0.25, 0.3) is 0 Å². The number of halogens is 3. The van der Waals surface area contributed by atoms with Crippen molar-refractivity contribution in [3.8, 4) is 23.3 Å². The number of benzene rings is 5. The van der Waals surface area contributed by atoms with E-state index in [9.17, 15) is 28.5 Å². The first-order chi connectivity index (χ1) is 30.4. The van der Waals surface area contributed by atoms with E-state index in [-0.39, 0.29) is 32.5 Å². The summed E-state index contributed by atoms with van der Waals surface area (Å²) >= 11 is 0. The van der Waals surface area contributed by atoms with Crippen molar-refractivity contribution in [2.75, 3.05) is 0 Å². The maximum atomic E-state index is 12.4. The number of aromatic hydroxyl groups is 3. The van der Waals surface area contributed by atoms with Gasteiger partial charge in [0.15, 0.2) is 0 Å². The fourth-order valence-corrected chi connectivity index (χ4v) is 6.40. The molecule has 0 aromatic heterocycles. The van der Waals surface area contributed by atoms with E-state index in [2.05, 4.69) is 134 Å². The molecular formula is C61H86F3NO3. The highest BCUT2D eigenvalue weighted by Crippen LogP contribution is 2.35. The van der Waals surface area contributed by atoms with Crippen LogP contribution >= 0.6 is 0 Å². The third-order valence-electron chi connectivity index (χ3n) is 11.4. The lowest BCUT2D eigenvalue weighted by molar-refractivity contribution is -0.137. The fraction of sp³-hybridized carbons (Fsp3) is 0.492. The number of hydrogen-bond acceptors (Lipinski definition) is 4. The highest BCUT2D eigenvalue weighted by molar-refractivity contribution is 5.41. The molecule has 0 aliphatic rings. The largest absolute Gasteiger partial charge is 0.508 e. The van der Waals surface area contributed by atoms with E-state index in [1.54, 1.807) is 18.2 Å². The molecule has 0 saturated heterocycles. The second-order valence-corrected chi connectivity index (χ2v) is 24.7. The predicted molar refractivity (Wildman–Crippen MR) is 283 cm³/mol. The summed E-state index contributed by atoms with van der Waals surface area (Å²) in [6.45, 7) is 45.9. The van der Waals surface area contributed by atoms with Gasteiger partial charge in [0.2, 0.25) is 0 Å². The first-order valence-corrected chi connectivity index (χ1v) is 23.6. The van der Waals surface area contributed by atoms with Crippen molar-refractivity contribution >= 4 is 0 Å². The first-order valence-electron chi connectivity index (χ1n) is 23.6. The number of phenols is 3. The number of alkyl halides is 3. The molecule has 0 aliphatic heterocycles. The molecule has 5 rings (SSSR count). The van der Waals surface area contributed by atoms with Crippen LogP contribution in [-0.2, 0) is 44.1 Å². The van der Waals surface area contributed by atoms with Gasteiger partial charge in [-0.15, -0.1) is 0 Å². The van der Waals surface area contributed by atoms with Crippen molar-refractivity contribution in [1.29, 1.82) is 5.26 Å². The molecule has 68 heavy (non-hydrogen) atoms. The van der Waals surface area contributed by atoms with Gasteiger partial charge >= 0.3 is 6.18 Å². The van der Waals surface area contributed by atoms with Crippen LogP contribution in [0.2, 0.25) is 0 Å². The van der Waals surface area contributed by atoms with Crippen LogP contribution in [0.15, 0.2) is 103 Å². The number of hydrogen-bond donors (Lipinski definition) is 3. The van der Waals surface area contributed by atoms with Gasteiger partial charge in [-0.3, -0.25) is 0 Å². The zero-order valence-corrected chi connectivity index (χ0v) is 45.7. The van der Waals surface area contributed by atoms with Gasteiger partial charge in [-0.1, -0.05) is 191 Å². The summed E-state index contributed by atoms with van der Waals surface area (Å²) in [6, 6.07) is 33.5. The van der Waals surface area contributed by atoms with E-state index in [1.165, 1.54) is 39.9 Å². The third kappa shape index (κ3) is 20.6. The number of nitrogens with zero attached hydrogens (tertiary/aromatic N) is 1. The van der Waals surface area contributed by atoms with Crippen LogP contribution < -0.4 is 0 Å². The Morgan fingerprint density at radius 3 is 1.01 bits per heavy atom. The minimum atomic E-state index is -4.25. The average Bonchev–Trinajstić information content (AvgIpc) is 3.17. The van der Waals surface area contributed by atoms with Gasteiger partial charge in [0.05, 0.1) is 17.0 Å². The molecule has 0 aliphatic carbocycles. The van der Waals surface area contributed by atoms with Crippen molar-refractivity contribution in [3.63, 3.8) is 0 Å². The van der Waals surface area contributed by atoms with Gasteiger partial charge in [0.25, 0.3) is 0 Å². The van der Waals surface area contributed by atoms with Crippen molar-refractivity contribution in [1.82, 2.24) is 0 Å². The van der Waals surface area contributed by atoms with Crippen molar-refractivity contribution < 1.29 is 28.5 Å². The summed E-state index contributed by atoms with van der Waals surface area (Å²) in [7, 11) is 0. The monoisotopic (exact) mass is 938 g/mol. The van der Waals surface area contributed by atoms with E-state index >= 15 is 0 Å². The standard InChI is InChI=1S/C14H19N.C14H22O.C11H13F3.2C11H16O/c1-13(2,3)11-7-6-8-12(9-11)14(4,5)10-15;1-13(2,3)10-7-11(14(4,5)6)9-12(15)8-10;1-10(2,3)8-5-4-6-9(7-8)11(12,13)14;1-8-5-9(11(2,3)4)7-10(12)6-8;1-8-7-9(11(2,3)4)5-6-10(8)12/h6-9H,1-5H3;7-9,15H,1-6H3;4-7H,1-3H3;2*5-7,12H,1-4H3. The summed E-state index contributed by atoms with van der Waals surface area (Å²) in [5, 5.41) is 37.5.